The van der Waals surface area contributed by atoms with E-state index in [2.05, 4.69) is 11.9 Å². The lowest BCUT2D eigenvalue weighted by molar-refractivity contribution is -0.385. The predicted octanol–water partition coefficient (Wildman–Crippen LogP) is 2.16. The second kappa shape index (κ2) is 8.18. The highest BCUT2D eigenvalue weighted by molar-refractivity contribution is 7.98. The van der Waals surface area contributed by atoms with Crippen LogP contribution in [0.1, 0.15) is 17.3 Å². The number of benzene rings is 1. The van der Waals surface area contributed by atoms with Crippen LogP contribution in [0.3, 0.4) is 0 Å². The number of nitrogens with zero attached hydrogens (tertiary/aromatic N) is 1. The SMILES string of the molecule is C=CCNC(=O)[C@H](C)OC(=O)c1cc(SC)ccc1[N+](=O)[O-]. The summed E-state index contributed by atoms with van der Waals surface area (Å²) in [5, 5.41) is 13.5. The maximum atomic E-state index is 12.1. The third-order valence-electron chi connectivity index (χ3n) is 2.69. The third kappa shape index (κ3) is 4.59. The Hall–Kier alpha value is -2.35. The molecule has 1 rings (SSSR count). The molecule has 1 amide bonds. The van der Waals surface area contributed by atoms with Gasteiger partial charge in [0.25, 0.3) is 11.6 Å². The number of esters is 1. The summed E-state index contributed by atoms with van der Waals surface area (Å²) >= 11 is 1.34. The van der Waals surface area contributed by atoms with Gasteiger partial charge in [-0.25, -0.2) is 4.79 Å². The van der Waals surface area contributed by atoms with Gasteiger partial charge in [0.05, 0.1) is 4.92 Å². The zero-order chi connectivity index (χ0) is 16.7. The fraction of sp³-hybridized carbons (Fsp3) is 0.286. The van der Waals surface area contributed by atoms with E-state index >= 15 is 0 Å². The molecule has 7 nitrogen and oxygen atoms in total. The highest BCUT2D eigenvalue weighted by Crippen LogP contribution is 2.25. The lowest BCUT2D eigenvalue weighted by Crippen LogP contribution is -2.35. The lowest BCUT2D eigenvalue weighted by Gasteiger charge is -2.13. The van der Waals surface area contributed by atoms with Crippen molar-refractivity contribution in [3.8, 4) is 0 Å². The molecule has 1 aromatic carbocycles. The first-order chi connectivity index (χ1) is 10.4. The molecule has 0 aliphatic rings. The molecule has 1 N–H and O–H groups in total. The van der Waals surface area contributed by atoms with Crippen molar-refractivity contribution in [1.29, 1.82) is 0 Å². The number of carbonyl (C=O) groups is 2. The average Bonchev–Trinajstić information content (AvgIpc) is 2.51. The number of thioether (sulfide) groups is 1. The molecule has 8 heteroatoms. The van der Waals surface area contributed by atoms with E-state index in [4.69, 9.17) is 4.74 Å². The predicted molar refractivity (Wildman–Crippen MR) is 83.0 cm³/mol. The normalized spacial score (nSPS) is 11.4. The quantitative estimate of drug-likeness (QED) is 0.271. The van der Waals surface area contributed by atoms with E-state index in [1.807, 2.05) is 0 Å². The van der Waals surface area contributed by atoms with Gasteiger partial charge in [-0.3, -0.25) is 14.9 Å². The topological polar surface area (TPSA) is 98.5 Å². The number of amides is 1. The van der Waals surface area contributed by atoms with E-state index in [0.29, 0.717) is 4.90 Å². The van der Waals surface area contributed by atoms with E-state index in [9.17, 15) is 19.7 Å². The van der Waals surface area contributed by atoms with Crippen LogP contribution in [0.4, 0.5) is 5.69 Å². The third-order valence-corrected chi connectivity index (χ3v) is 3.42. The zero-order valence-electron chi connectivity index (χ0n) is 12.2. The van der Waals surface area contributed by atoms with Crippen LogP contribution in [-0.4, -0.2) is 35.7 Å². The van der Waals surface area contributed by atoms with Gasteiger partial charge in [0.1, 0.15) is 5.56 Å². The summed E-state index contributed by atoms with van der Waals surface area (Å²) in [5.41, 5.74) is -0.540. The minimum absolute atomic E-state index is 0.180. The van der Waals surface area contributed by atoms with Gasteiger partial charge in [0.15, 0.2) is 6.10 Å². The van der Waals surface area contributed by atoms with Gasteiger partial charge in [-0.05, 0) is 25.3 Å². The highest BCUT2D eigenvalue weighted by atomic mass is 32.2. The lowest BCUT2D eigenvalue weighted by atomic mass is 10.2. The maximum Gasteiger partial charge on any atom is 0.345 e. The smallest absolute Gasteiger partial charge is 0.345 e. The molecule has 0 radical (unpaired) electrons. The van der Waals surface area contributed by atoms with Crippen molar-refractivity contribution in [2.45, 2.75) is 17.9 Å². The van der Waals surface area contributed by atoms with Crippen molar-refractivity contribution < 1.29 is 19.2 Å². The molecule has 1 aromatic rings. The van der Waals surface area contributed by atoms with Gasteiger partial charge < -0.3 is 10.1 Å². The largest absolute Gasteiger partial charge is 0.449 e. The molecule has 0 bridgehead atoms. The first kappa shape index (κ1) is 17.7. The molecule has 22 heavy (non-hydrogen) atoms. The Labute approximate surface area is 131 Å². The molecule has 0 heterocycles. The molecule has 0 spiro atoms. The van der Waals surface area contributed by atoms with Gasteiger partial charge in [0.2, 0.25) is 0 Å². The number of nitrogens with one attached hydrogen (secondary N) is 1. The number of ether oxygens (including phenoxy) is 1. The maximum absolute atomic E-state index is 12.1. The zero-order valence-corrected chi connectivity index (χ0v) is 13.0. The summed E-state index contributed by atoms with van der Waals surface area (Å²) in [4.78, 5) is 34.7. The Balaban J connectivity index is 2.94. The summed E-state index contributed by atoms with van der Waals surface area (Å²) in [6.45, 7) is 5.08. The minimum Gasteiger partial charge on any atom is -0.449 e. The fourth-order valence-electron chi connectivity index (χ4n) is 1.56. The van der Waals surface area contributed by atoms with Crippen molar-refractivity contribution in [3.63, 3.8) is 0 Å². The van der Waals surface area contributed by atoms with Gasteiger partial charge in [-0.1, -0.05) is 6.08 Å². The van der Waals surface area contributed by atoms with E-state index in [1.165, 1.54) is 36.9 Å². The monoisotopic (exact) mass is 324 g/mol. The second-order valence-corrected chi connectivity index (χ2v) is 5.10. The Kier molecular flexibility index (Phi) is 6.58. The summed E-state index contributed by atoms with van der Waals surface area (Å²) < 4.78 is 4.99. The Bertz CT molecular complexity index is 603. The van der Waals surface area contributed by atoms with Crippen molar-refractivity contribution in [1.82, 2.24) is 5.32 Å². The second-order valence-electron chi connectivity index (χ2n) is 4.22. The number of nitro groups is 1. The molecule has 0 aromatic heterocycles. The average molecular weight is 324 g/mol. The van der Waals surface area contributed by atoms with Crippen molar-refractivity contribution >= 4 is 29.3 Å². The summed E-state index contributed by atoms with van der Waals surface area (Å²) in [7, 11) is 0. The number of carbonyl (C=O) groups excluding carboxylic acids is 2. The molecule has 0 fully saturated rings. The van der Waals surface area contributed by atoms with Gasteiger partial charge in [-0.2, -0.15) is 0 Å². The Morgan fingerprint density at radius 2 is 2.23 bits per heavy atom. The van der Waals surface area contributed by atoms with Crippen LogP contribution in [0.2, 0.25) is 0 Å². The van der Waals surface area contributed by atoms with E-state index in [-0.39, 0.29) is 17.8 Å². The van der Waals surface area contributed by atoms with Crippen LogP contribution in [0.5, 0.6) is 0 Å². The molecule has 0 aliphatic heterocycles. The van der Waals surface area contributed by atoms with Crippen LogP contribution >= 0.6 is 11.8 Å². The minimum atomic E-state index is -1.06. The van der Waals surface area contributed by atoms with Crippen molar-refractivity contribution in [2.75, 3.05) is 12.8 Å². The first-order valence-electron chi connectivity index (χ1n) is 6.32. The summed E-state index contributed by atoms with van der Waals surface area (Å²) in [6.07, 6.45) is 2.20. The fourth-order valence-corrected chi connectivity index (χ4v) is 2.00. The van der Waals surface area contributed by atoms with Gasteiger partial charge >= 0.3 is 5.97 Å². The number of nitro benzene ring substituents is 1. The molecular formula is C14H16N2O5S. The van der Waals surface area contributed by atoms with Crippen LogP contribution in [0, 0.1) is 10.1 Å². The molecule has 0 unspecified atom stereocenters. The van der Waals surface area contributed by atoms with Gasteiger partial charge in [-0.15, -0.1) is 18.3 Å². The van der Waals surface area contributed by atoms with E-state index < -0.39 is 22.9 Å². The van der Waals surface area contributed by atoms with Crippen LogP contribution < -0.4 is 5.32 Å². The Morgan fingerprint density at radius 3 is 2.77 bits per heavy atom. The Morgan fingerprint density at radius 1 is 1.55 bits per heavy atom. The van der Waals surface area contributed by atoms with Crippen molar-refractivity contribution in [2.24, 2.45) is 0 Å². The number of rotatable bonds is 7. The standard InChI is InChI=1S/C14H16N2O5S/c1-4-7-15-13(17)9(2)21-14(18)11-8-10(22-3)5-6-12(11)16(19)20/h4-6,8-9H,1,7H2,2-3H3,(H,15,17)/t9-/m0/s1. The first-order valence-corrected chi connectivity index (χ1v) is 7.55. The molecule has 0 saturated heterocycles. The molecule has 118 valence electrons. The number of hydrogen-bond donors (Lipinski definition) is 1. The van der Waals surface area contributed by atoms with Gasteiger partial charge in [0, 0.05) is 17.5 Å². The highest BCUT2D eigenvalue weighted by Gasteiger charge is 2.25. The molecular weight excluding hydrogens is 308 g/mol. The van der Waals surface area contributed by atoms with Crippen LogP contribution in [0.15, 0.2) is 35.7 Å². The molecule has 1 atom stereocenters. The van der Waals surface area contributed by atoms with E-state index in [1.54, 1.807) is 12.3 Å². The van der Waals surface area contributed by atoms with Crippen LogP contribution in [0.25, 0.3) is 0 Å². The van der Waals surface area contributed by atoms with Crippen molar-refractivity contribution in [3.05, 3.63) is 46.5 Å². The summed E-state index contributed by atoms with van der Waals surface area (Å²) in [6, 6.07) is 4.16. The van der Waals surface area contributed by atoms with E-state index in [0.717, 1.165) is 0 Å². The number of hydrogen-bond acceptors (Lipinski definition) is 6. The summed E-state index contributed by atoms with van der Waals surface area (Å²) in [5.74, 6) is -1.42. The molecule has 0 saturated carbocycles. The molecule has 0 aliphatic carbocycles. The van der Waals surface area contributed by atoms with Crippen LogP contribution in [-0.2, 0) is 9.53 Å².